The van der Waals surface area contributed by atoms with Crippen molar-refractivity contribution < 1.29 is 19.9 Å². The Morgan fingerprint density at radius 1 is 1.23 bits per heavy atom. The molecule has 0 aliphatic heterocycles. The molecule has 0 heterocycles. The van der Waals surface area contributed by atoms with Crippen LogP contribution in [0.1, 0.15) is 27.0 Å². The zero-order valence-corrected chi connectivity index (χ0v) is 15.3. The van der Waals surface area contributed by atoms with Crippen LogP contribution in [0, 0.1) is 6.92 Å². The first-order valence-corrected chi connectivity index (χ1v) is 8.24. The van der Waals surface area contributed by atoms with Gasteiger partial charge in [-0.05, 0) is 48.4 Å². The van der Waals surface area contributed by atoms with E-state index in [1.165, 1.54) is 17.8 Å². The van der Waals surface area contributed by atoms with Crippen LogP contribution >= 0.6 is 15.9 Å². The van der Waals surface area contributed by atoms with E-state index in [9.17, 15) is 14.7 Å². The molecule has 0 aliphatic rings. The van der Waals surface area contributed by atoms with Crippen molar-refractivity contribution in [3.63, 3.8) is 0 Å². The molecular weight excluding hydrogens is 402 g/mol. The maximum absolute atomic E-state index is 12.2. The van der Waals surface area contributed by atoms with Gasteiger partial charge in [0.25, 0.3) is 11.8 Å². The van der Waals surface area contributed by atoms with Gasteiger partial charge in [0.2, 0.25) is 0 Å². The number of benzene rings is 2. The number of nitrogens with one attached hydrogen (secondary N) is 2. The summed E-state index contributed by atoms with van der Waals surface area (Å²) < 4.78 is 0.784. The quantitative estimate of drug-likeness (QED) is 0.259. The van der Waals surface area contributed by atoms with Crippen LogP contribution in [0.5, 0.6) is 5.75 Å². The highest BCUT2D eigenvalue weighted by atomic mass is 79.9. The lowest BCUT2D eigenvalue weighted by Crippen LogP contribution is -2.17. The zero-order valence-electron chi connectivity index (χ0n) is 13.7. The Morgan fingerprint density at radius 2 is 2.00 bits per heavy atom. The number of rotatable bonds is 5. The van der Waals surface area contributed by atoms with E-state index in [1.54, 1.807) is 43.3 Å². The van der Waals surface area contributed by atoms with Crippen molar-refractivity contribution in [2.45, 2.75) is 6.92 Å². The number of phenolic OH excluding ortho intramolecular Hbond substituents is 1. The van der Waals surface area contributed by atoms with Gasteiger partial charge in [-0.3, -0.25) is 14.8 Å². The molecule has 134 valence electrons. The van der Waals surface area contributed by atoms with E-state index in [2.05, 4.69) is 26.5 Å². The van der Waals surface area contributed by atoms with Gasteiger partial charge in [-0.15, -0.1) is 0 Å². The summed E-state index contributed by atoms with van der Waals surface area (Å²) in [5.41, 5.74) is 5.94. The minimum absolute atomic E-state index is 0.0838. The molecule has 0 radical (unpaired) electrons. The average molecular weight is 418 g/mol. The van der Waals surface area contributed by atoms with E-state index in [0.717, 1.165) is 10.5 Å². The van der Waals surface area contributed by atoms with Gasteiger partial charge in [0, 0.05) is 21.7 Å². The molecule has 0 fully saturated rings. The number of aryl methyl sites for hydroxylation is 1. The van der Waals surface area contributed by atoms with Gasteiger partial charge in [0.1, 0.15) is 5.75 Å². The molecule has 2 aromatic rings. The summed E-state index contributed by atoms with van der Waals surface area (Å²) in [5, 5.41) is 22.3. The topological polar surface area (TPSA) is 111 Å². The maximum atomic E-state index is 12.2. The van der Waals surface area contributed by atoms with Crippen LogP contribution in [0.4, 0.5) is 0 Å². The van der Waals surface area contributed by atoms with Crippen molar-refractivity contribution in [1.82, 2.24) is 10.9 Å². The molecular formula is C18H16BrN3O4. The molecule has 7 nitrogen and oxygen atoms in total. The van der Waals surface area contributed by atoms with Gasteiger partial charge in [-0.1, -0.05) is 28.1 Å². The normalized spacial score (nSPS) is 11.0. The number of phenols is 1. The van der Waals surface area contributed by atoms with Crippen molar-refractivity contribution in [3.05, 3.63) is 69.2 Å². The summed E-state index contributed by atoms with van der Waals surface area (Å²) in [4.78, 5) is 23.1. The summed E-state index contributed by atoms with van der Waals surface area (Å²) in [5.74, 6) is -1.04. The summed E-state index contributed by atoms with van der Waals surface area (Å²) in [6.45, 7) is 1.76. The minimum Gasteiger partial charge on any atom is -0.507 e. The molecule has 8 heteroatoms. The van der Waals surface area contributed by atoms with Crippen LogP contribution in [-0.2, 0) is 4.79 Å². The number of carbonyl (C=O) groups excluding carboxylic acids is 2. The number of hydrogen-bond donors (Lipinski definition) is 4. The van der Waals surface area contributed by atoms with Crippen molar-refractivity contribution >= 4 is 40.0 Å². The first-order valence-electron chi connectivity index (χ1n) is 7.45. The first-order chi connectivity index (χ1) is 12.4. The molecule has 26 heavy (non-hydrogen) atoms. The Kier molecular flexibility index (Phi) is 6.65. The number of aromatic hydroxyl groups is 1. The van der Waals surface area contributed by atoms with Crippen LogP contribution < -0.4 is 10.9 Å². The van der Waals surface area contributed by atoms with Crippen LogP contribution in [0.15, 0.2) is 52.0 Å². The minimum atomic E-state index is -0.673. The second-order valence-electron chi connectivity index (χ2n) is 5.29. The van der Waals surface area contributed by atoms with E-state index < -0.39 is 11.8 Å². The lowest BCUT2D eigenvalue weighted by molar-refractivity contribution is -0.124. The van der Waals surface area contributed by atoms with E-state index in [-0.39, 0.29) is 5.75 Å². The van der Waals surface area contributed by atoms with Crippen molar-refractivity contribution in [1.29, 1.82) is 0 Å². The summed E-state index contributed by atoms with van der Waals surface area (Å²) in [7, 11) is 0. The highest BCUT2D eigenvalue weighted by Crippen LogP contribution is 2.25. The fraction of sp³-hybridized carbons (Fsp3) is 0.0556. The van der Waals surface area contributed by atoms with E-state index in [0.29, 0.717) is 22.3 Å². The maximum Gasteiger partial charge on any atom is 0.271 e. The highest BCUT2D eigenvalue weighted by Gasteiger charge is 2.06. The number of hydrogen-bond acceptors (Lipinski definition) is 5. The lowest BCUT2D eigenvalue weighted by Gasteiger charge is -2.04. The fourth-order valence-electron chi connectivity index (χ4n) is 2.08. The Hall–Kier alpha value is -2.97. The number of nitrogens with zero attached hydrogens (tertiary/aromatic N) is 1. The molecule has 2 aromatic carbocycles. The van der Waals surface area contributed by atoms with Crippen LogP contribution in [0.25, 0.3) is 6.08 Å². The number of amides is 2. The third-order valence-electron chi connectivity index (χ3n) is 3.35. The Balaban J connectivity index is 2.09. The Labute approximate surface area is 158 Å². The molecule has 0 aromatic heterocycles. The molecule has 0 aliphatic carbocycles. The molecule has 0 saturated heterocycles. The predicted molar refractivity (Wildman–Crippen MR) is 101 cm³/mol. The number of halogens is 1. The van der Waals surface area contributed by atoms with Crippen molar-refractivity contribution in [2.75, 3.05) is 0 Å². The molecule has 0 saturated carbocycles. The van der Waals surface area contributed by atoms with Crippen LogP contribution in [-0.4, -0.2) is 28.3 Å². The number of carbonyl (C=O) groups is 2. The standard InChI is InChI=1S/C18H16BrN3O4/c1-11-7-15(19)9-14(17(11)24)10-20-21-18(25)13-4-2-3-12(8-13)5-6-16(23)22-26/h2-10,24,26H,1H3,(H,21,25)(H,22,23). The van der Waals surface area contributed by atoms with Crippen molar-refractivity contribution in [2.24, 2.45) is 5.10 Å². The van der Waals surface area contributed by atoms with Gasteiger partial charge >= 0.3 is 0 Å². The predicted octanol–water partition coefficient (Wildman–Crippen LogP) is 2.75. The number of hydrazone groups is 1. The zero-order chi connectivity index (χ0) is 19.1. The van der Waals surface area contributed by atoms with Gasteiger partial charge < -0.3 is 5.11 Å². The second-order valence-corrected chi connectivity index (χ2v) is 6.21. The monoisotopic (exact) mass is 417 g/mol. The first kappa shape index (κ1) is 19.4. The molecule has 0 spiro atoms. The lowest BCUT2D eigenvalue weighted by atomic mass is 10.1. The second kappa shape index (κ2) is 8.93. The summed E-state index contributed by atoms with van der Waals surface area (Å²) in [6, 6.07) is 9.95. The highest BCUT2D eigenvalue weighted by molar-refractivity contribution is 9.10. The van der Waals surface area contributed by atoms with Crippen LogP contribution in [0.2, 0.25) is 0 Å². The average Bonchev–Trinajstić information content (AvgIpc) is 2.63. The fourth-order valence-corrected chi connectivity index (χ4v) is 2.67. The van der Waals surface area contributed by atoms with Gasteiger partial charge in [0.15, 0.2) is 0 Å². The van der Waals surface area contributed by atoms with E-state index in [1.807, 2.05) is 0 Å². The van der Waals surface area contributed by atoms with Crippen LogP contribution in [0.3, 0.4) is 0 Å². The van der Waals surface area contributed by atoms with E-state index in [4.69, 9.17) is 5.21 Å². The number of hydroxylamine groups is 1. The molecule has 0 unspecified atom stereocenters. The molecule has 0 bridgehead atoms. The van der Waals surface area contributed by atoms with Gasteiger partial charge in [-0.2, -0.15) is 5.10 Å². The Bertz CT molecular complexity index is 894. The SMILES string of the molecule is Cc1cc(Br)cc(C=NNC(=O)c2cccc(C=CC(=O)NO)c2)c1O. The third-order valence-corrected chi connectivity index (χ3v) is 3.81. The Morgan fingerprint density at radius 3 is 2.73 bits per heavy atom. The largest absolute Gasteiger partial charge is 0.507 e. The molecule has 2 rings (SSSR count). The van der Waals surface area contributed by atoms with Crippen molar-refractivity contribution in [3.8, 4) is 5.75 Å². The van der Waals surface area contributed by atoms with Gasteiger partial charge in [-0.25, -0.2) is 10.9 Å². The van der Waals surface area contributed by atoms with Gasteiger partial charge in [0.05, 0.1) is 6.21 Å². The van der Waals surface area contributed by atoms with E-state index >= 15 is 0 Å². The summed E-state index contributed by atoms with van der Waals surface area (Å²) >= 11 is 3.33. The molecule has 4 N–H and O–H groups in total. The third kappa shape index (κ3) is 5.27. The molecule has 0 atom stereocenters. The summed E-state index contributed by atoms with van der Waals surface area (Å²) in [6.07, 6.45) is 3.93. The molecule has 2 amide bonds. The smallest absolute Gasteiger partial charge is 0.271 e.